The van der Waals surface area contributed by atoms with Gasteiger partial charge in [-0.1, -0.05) is 12.7 Å². The van der Waals surface area contributed by atoms with Gasteiger partial charge in [0.05, 0.1) is 13.0 Å². The van der Waals surface area contributed by atoms with E-state index in [4.69, 9.17) is 9.26 Å². The molecule has 0 spiro atoms. The van der Waals surface area contributed by atoms with Crippen molar-refractivity contribution in [1.82, 2.24) is 0 Å². The topological polar surface area (TPSA) is 52.6 Å². The van der Waals surface area contributed by atoms with Crippen molar-refractivity contribution in [1.29, 1.82) is 0 Å². The maximum atomic E-state index is 11.3. The molecule has 0 fully saturated rings. The van der Waals surface area contributed by atoms with Crippen LogP contribution < -0.4 is 0 Å². The second-order valence-electron chi connectivity index (χ2n) is 3.38. The van der Waals surface area contributed by atoms with Crippen molar-refractivity contribution in [2.75, 3.05) is 6.61 Å². The van der Waals surface area contributed by atoms with Gasteiger partial charge >= 0.3 is 11.9 Å². The highest BCUT2D eigenvalue weighted by atomic mass is 31.1. The van der Waals surface area contributed by atoms with Crippen LogP contribution in [0.25, 0.3) is 0 Å². The molecule has 0 bridgehead atoms. The van der Waals surface area contributed by atoms with E-state index in [2.05, 4.69) is 13.2 Å². The molecule has 0 heterocycles. The van der Waals surface area contributed by atoms with Crippen LogP contribution in [0.2, 0.25) is 0 Å². The van der Waals surface area contributed by atoms with Crippen LogP contribution in [-0.4, -0.2) is 26.1 Å². The highest BCUT2D eigenvalue weighted by Gasteiger charge is 2.13. The van der Waals surface area contributed by atoms with Crippen molar-refractivity contribution in [3.8, 4) is 0 Å². The summed E-state index contributed by atoms with van der Waals surface area (Å²) in [6.45, 7) is 7.45. The second-order valence-corrected chi connectivity index (χ2v) is 3.99. The highest BCUT2D eigenvalue weighted by molar-refractivity contribution is 7.62. The largest absolute Gasteiger partial charge is 0.465 e. The molecule has 0 amide bonds. The normalized spacial score (nSPS) is 10.1. The standard InChI is InChI=1S/C11H18BO4P/c1-3-4-5-6-7-15-10(13)8-9(2)11(14)16-17-12/h3,17H,1-2,4-8,12H2. The number of rotatable bonds is 9. The van der Waals surface area contributed by atoms with E-state index in [0.717, 1.165) is 19.3 Å². The van der Waals surface area contributed by atoms with Crippen LogP contribution in [0, 0.1) is 0 Å². The van der Waals surface area contributed by atoms with Gasteiger partial charge in [0.25, 0.3) is 0 Å². The molecule has 0 radical (unpaired) electrons. The molecule has 0 N–H and O–H groups in total. The third-order valence-corrected chi connectivity index (χ3v) is 2.30. The summed E-state index contributed by atoms with van der Waals surface area (Å²) in [6, 6.07) is 0. The lowest BCUT2D eigenvalue weighted by Gasteiger charge is -2.06. The van der Waals surface area contributed by atoms with Gasteiger partial charge in [-0.3, -0.25) is 4.79 Å². The molecule has 1 atom stereocenters. The van der Waals surface area contributed by atoms with Crippen LogP contribution in [0.1, 0.15) is 25.7 Å². The Hall–Kier alpha value is -1.09. The zero-order chi connectivity index (χ0) is 13.1. The van der Waals surface area contributed by atoms with Gasteiger partial charge in [0.2, 0.25) is 0 Å². The van der Waals surface area contributed by atoms with Gasteiger partial charge < -0.3 is 9.26 Å². The first kappa shape index (κ1) is 15.9. The Morgan fingerprint density at radius 1 is 1.35 bits per heavy atom. The van der Waals surface area contributed by atoms with Crippen molar-refractivity contribution >= 4 is 28.2 Å². The fraction of sp³-hybridized carbons (Fsp3) is 0.455. The van der Waals surface area contributed by atoms with E-state index in [0.29, 0.717) is 6.61 Å². The third kappa shape index (κ3) is 8.69. The maximum Gasteiger partial charge on any atom is 0.335 e. The predicted octanol–water partition coefficient (Wildman–Crippen LogP) is 1.52. The molecule has 94 valence electrons. The van der Waals surface area contributed by atoms with E-state index in [1.54, 1.807) is 7.57 Å². The van der Waals surface area contributed by atoms with Gasteiger partial charge in [0.1, 0.15) is 0 Å². The Balaban J connectivity index is 3.67. The fourth-order valence-electron chi connectivity index (χ4n) is 1.04. The Kier molecular flexibility index (Phi) is 9.45. The first-order chi connectivity index (χ1) is 8.11. The molecular formula is C11H18BO4P. The summed E-state index contributed by atoms with van der Waals surface area (Å²) in [7, 11) is 1.78. The summed E-state index contributed by atoms with van der Waals surface area (Å²) >= 11 is 0. The van der Waals surface area contributed by atoms with Crippen molar-refractivity contribution < 1.29 is 18.8 Å². The molecule has 0 saturated carbocycles. The smallest absolute Gasteiger partial charge is 0.335 e. The van der Waals surface area contributed by atoms with Crippen molar-refractivity contribution in [3.63, 3.8) is 0 Å². The van der Waals surface area contributed by atoms with Gasteiger partial charge in [-0.15, -0.1) is 6.58 Å². The molecule has 17 heavy (non-hydrogen) atoms. The molecule has 0 aromatic rings. The number of carbonyl (C=O) groups excluding carboxylic acids is 2. The zero-order valence-corrected chi connectivity index (χ0v) is 11.2. The Bertz CT molecular complexity index is 291. The summed E-state index contributed by atoms with van der Waals surface area (Å²) in [5.74, 6) is -0.973. The number of hydrogen-bond acceptors (Lipinski definition) is 4. The third-order valence-electron chi connectivity index (χ3n) is 1.91. The lowest BCUT2D eigenvalue weighted by Crippen LogP contribution is -2.11. The fourth-order valence-corrected chi connectivity index (χ4v) is 1.37. The molecule has 0 rings (SSSR count). The molecular weight excluding hydrogens is 238 g/mol. The molecule has 0 aromatic heterocycles. The van der Waals surface area contributed by atoms with E-state index in [9.17, 15) is 9.59 Å². The van der Waals surface area contributed by atoms with Gasteiger partial charge in [-0.05, 0) is 19.3 Å². The Morgan fingerprint density at radius 3 is 2.65 bits per heavy atom. The monoisotopic (exact) mass is 256 g/mol. The Labute approximate surface area is 105 Å². The number of allylic oxidation sites excluding steroid dienone is 1. The van der Waals surface area contributed by atoms with Crippen molar-refractivity contribution in [3.05, 3.63) is 24.8 Å². The van der Waals surface area contributed by atoms with Crippen LogP contribution in [0.4, 0.5) is 0 Å². The first-order valence-electron chi connectivity index (χ1n) is 5.44. The molecule has 6 heteroatoms. The van der Waals surface area contributed by atoms with Crippen molar-refractivity contribution in [2.45, 2.75) is 25.7 Å². The summed E-state index contributed by atoms with van der Waals surface area (Å²) < 4.78 is 9.68. The number of carbonyl (C=O) groups is 2. The summed E-state index contributed by atoms with van der Waals surface area (Å²) in [5.41, 5.74) is 0.135. The van der Waals surface area contributed by atoms with Gasteiger partial charge in [-0.25, -0.2) is 4.79 Å². The number of hydrogen-bond donors (Lipinski definition) is 0. The van der Waals surface area contributed by atoms with Crippen LogP contribution in [0.5, 0.6) is 0 Å². The number of esters is 1. The highest BCUT2D eigenvalue weighted by Crippen LogP contribution is 2.10. The molecule has 0 aliphatic carbocycles. The second kappa shape index (κ2) is 10.1. The van der Waals surface area contributed by atoms with Crippen LogP contribution in [0.15, 0.2) is 24.8 Å². The molecule has 1 unspecified atom stereocenters. The van der Waals surface area contributed by atoms with Gasteiger partial charge in [0, 0.05) is 14.3 Å². The van der Waals surface area contributed by atoms with Crippen LogP contribution >= 0.6 is 8.69 Å². The minimum absolute atomic E-state index is 0.0563. The van der Waals surface area contributed by atoms with E-state index < -0.39 is 11.9 Å². The van der Waals surface area contributed by atoms with Gasteiger partial charge in [0.15, 0.2) is 7.57 Å². The average molecular weight is 256 g/mol. The number of ether oxygens (including phenoxy) is 1. The SMILES string of the molecule is BPOC(=O)C(=C)CC(=O)OCCCCC=C. The molecule has 0 aliphatic rings. The maximum absolute atomic E-state index is 11.3. The first-order valence-corrected chi connectivity index (χ1v) is 6.84. The Morgan fingerprint density at radius 2 is 2.06 bits per heavy atom. The average Bonchev–Trinajstić information content (AvgIpc) is 2.29. The quantitative estimate of drug-likeness (QED) is 0.157. The van der Waals surface area contributed by atoms with Gasteiger partial charge in [-0.2, -0.15) is 0 Å². The van der Waals surface area contributed by atoms with Crippen molar-refractivity contribution in [2.24, 2.45) is 0 Å². The van der Waals surface area contributed by atoms with E-state index in [-0.39, 0.29) is 20.7 Å². The lowest BCUT2D eigenvalue weighted by molar-refractivity contribution is -0.144. The molecule has 0 aromatic carbocycles. The minimum Gasteiger partial charge on any atom is -0.465 e. The van der Waals surface area contributed by atoms with E-state index >= 15 is 0 Å². The molecule has 0 aliphatic heterocycles. The minimum atomic E-state index is -0.533. The van der Waals surface area contributed by atoms with Crippen LogP contribution in [-0.2, 0) is 18.8 Å². The van der Waals surface area contributed by atoms with Crippen LogP contribution in [0.3, 0.4) is 0 Å². The van der Waals surface area contributed by atoms with E-state index in [1.165, 1.54) is 0 Å². The number of unbranched alkanes of at least 4 members (excludes halogenated alkanes) is 2. The molecule has 0 saturated heterocycles. The lowest BCUT2D eigenvalue weighted by atomic mass is 10.2. The molecule has 4 nitrogen and oxygen atoms in total. The zero-order valence-electron chi connectivity index (χ0n) is 10.2. The summed E-state index contributed by atoms with van der Waals surface area (Å²) in [5, 5.41) is 0. The van der Waals surface area contributed by atoms with E-state index in [1.807, 2.05) is 6.08 Å². The summed E-state index contributed by atoms with van der Waals surface area (Å²) in [4.78, 5) is 22.4. The predicted molar refractivity (Wildman–Crippen MR) is 71.7 cm³/mol. The summed E-state index contributed by atoms with van der Waals surface area (Å²) in [6.07, 6.45) is 4.37.